The van der Waals surface area contributed by atoms with Crippen molar-refractivity contribution in [1.82, 2.24) is 20.4 Å². The van der Waals surface area contributed by atoms with Crippen molar-refractivity contribution < 1.29 is 4.79 Å². The standard InChI is InChI=1S/C15H20N4O/c1-19(10-13-4-2-3-7-16-13)15(20)11-5-6-12-9-17-18-14(12)8-11/h5-6,8-9,13,16H,2-4,7,10H2,1H3,(H,17,18). The lowest BCUT2D eigenvalue weighted by atomic mass is 10.0. The van der Waals surface area contributed by atoms with Gasteiger partial charge >= 0.3 is 0 Å². The van der Waals surface area contributed by atoms with Crippen LogP contribution in [0, 0.1) is 0 Å². The number of piperidine rings is 1. The zero-order chi connectivity index (χ0) is 13.9. The molecule has 106 valence electrons. The number of aromatic amines is 1. The SMILES string of the molecule is CN(CC1CCCCN1)C(=O)c1ccc2cn[nH]c2c1. The van der Waals surface area contributed by atoms with E-state index < -0.39 is 0 Å². The zero-order valence-electron chi connectivity index (χ0n) is 11.7. The number of fused-ring (bicyclic) bond motifs is 1. The van der Waals surface area contributed by atoms with Crippen LogP contribution in [0.25, 0.3) is 10.9 Å². The van der Waals surface area contributed by atoms with Gasteiger partial charge in [0, 0.05) is 30.6 Å². The molecule has 1 aliphatic heterocycles. The number of rotatable bonds is 3. The topological polar surface area (TPSA) is 61.0 Å². The van der Waals surface area contributed by atoms with Crippen LogP contribution in [0.2, 0.25) is 0 Å². The maximum atomic E-state index is 12.4. The zero-order valence-corrected chi connectivity index (χ0v) is 11.7. The summed E-state index contributed by atoms with van der Waals surface area (Å²) in [5, 5.41) is 11.4. The molecule has 20 heavy (non-hydrogen) atoms. The molecule has 1 unspecified atom stereocenters. The van der Waals surface area contributed by atoms with Crippen LogP contribution in [0.1, 0.15) is 29.6 Å². The van der Waals surface area contributed by atoms with Crippen LogP contribution >= 0.6 is 0 Å². The first-order chi connectivity index (χ1) is 9.74. The molecule has 0 bridgehead atoms. The summed E-state index contributed by atoms with van der Waals surface area (Å²) in [5.74, 6) is 0.0638. The molecule has 2 N–H and O–H groups in total. The fraction of sp³-hybridized carbons (Fsp3) is 0.467. The molecule has 1 atom stereocenters. The third-order valence-corrected chi connectivity index (χ3v) is 3.94. The Morgan fingerprint density at radius 2 is 2.35 bits per heavy atom. The third-order valence-electron chi connectivity index (χ3n) is 3.94. The van der Waals surface area contributed by atoms with Gasteiger partial charge in [0.2, 0.25) is 0 Å². The average molecular weight is 272 g/mol. The third kappa shape index (κ3) is 2.67. The van der Waals surface area contributed by atoms with E-state index in [4.69, 9.17) is 0 Å². The number of likely N-dealkylation sites (N-methyl/N-ethyl adjacent to an activating group) is 1. The van der Waals surface area contributed by atoms with E-state index in [0.717, 1.165) is 30.4 Å². The highest BCUT2D eigenvalue weighted by Crippen LogP contribution is 2.15. The lowest BCUT2D eigenvalue weighted by Gasteiger charge is -2.28. The van der Waals surface area contributed by atoms with Crippen LogP contribution in [0.5, 0.6) is 0 Å². The van der Waals surface area contributed by atoms with Gasteiger partial charge < -0.3 is 10.2 Å². The molecule has 1 amide bonds. The van der Waals surface area contributed by atoms with Crippen molar-refractivity contribution in [2.45, 2.75) is 25.3 Å². The normalized spacial score (nSPS) is 19.1. The van der Waals surface area contributed by atoms with Gasteiger partial charge in [-0.25, -0.2) is 0 Å². The van der Waals surface area contributed by atoms with Crippen LogP contribution in [0.15, 0.2) is 24.4 Å². The van der Waals surface area contributed by atoms with Crippen LogP contribution in [0.3, 0.4) is 0 Å². The van der Waals surface area contributed by atoms with Gasteiger partial charge in [-0.3, -0.25) is 9.89 Å². The van der Waals surface area contributed by atoms with E-state index >= 15 is 0 Å². The van der Waals surface area contributed by atoms with Crippen molar-refractivity contribution in [3.63, 3.8) is 0 Å². The first-order valence-corrected chi connectivity index (χ1v) is 7.16. The summed E-state index contributed by atoms with van der Waals surface area (Å²) in [7, 11) is 1.87. The van der Waals surface area contributed by atoms with Gasteiger partial charge in [-0.05, 0) is 31.5 Å². The van der Waals surface area contributed by atoms with Crippen molar-refractivity contribution in [3.8, 4) is 0 Å². The summed E-state index contributed by atoms with van der Waals surface area (Å²) in [6, 6.07) is 6.09. The lowest BCUT2D eigenvalue weighted by Crippen LogP contribution is -2.44. The summed E-state index contributed by atoms with van der Waals surface area (Å²) in [5.41, 5.74) is 1.61. The van der Waals surface area contributed by atoms with Crippen molar-refractivity contribution in [2.24, 2.45) is 0 Å². The minimum Gasteiger partial charge on any atom is -0.340 e. The molecule has 0 radical (unpaired) electrons. The van der Waals surface area contributed by atoms with E-state index in [1.165, 1.54) is 12.8 Å². The van der Waals surface area contributed by atoms with Crippen molar-refractivity contribution in [1.29, 1.82) is 0 Å². The summed E-state index contributed by atoms with van der Waals surface area (Å²) in [6.45, 7) is 1.83. The summed E-state index contributed by atoms with van der Waals surface area (Å²) < 4.78 is 0. The minimum atomic E-state index is 0.0638. The Labute approximate surface area is 118 Å². The highest BCUT2D eigenvalue weighted by Gasteiger charge is 2.18. The Bertz CT molecular complexity index is 601. The molecule has 1 aliphatic rings. The van der Waals surface area contributed by atoms with Gasteiger partial charge in [0.25, 0.3) is 5.91 Å². The Balaban J connectivity index is 1.70. The Morgan fingerprint density at radius 1 is 1.45 bits per heavy atom. The maximum Gasteiger partial charge on any atom is 0.253 e. The Kier molecular flexibility index (Phi) is 3.69. The minimum absolute atomic E-state index is 0.0638. The van der Waals surface area contributed by atoms with Gasteiger partial charge in [0.05, 0.1) is 11.7 Å². The number of hydrogen-bond donors (Lipinski definition) is 2. The molecule has 0 spiro atoms. The van der Waals surface area contributed by atoms with E-state index in [0.29, 0.717) is 11.6 Å². The summed E-state index contributed by atoms with van der Waals surface area (Å²) in [4.78, 5) is 14.3. The second kappa shape index (κ2) is 5.63. The summed E-state index contributed by atoms with van der Waals surface area (Å²) >= 11 is 0. The fourth-order valence-electron chi connectivity index (χ4n) is 2.78. The lowest BCUT2D eigenvalue weighted by molar-refractivity contribution is 0.0775. The second-order valence-corrected chi connectivity index (χ2v) is 5.50. The second-order valence-electron chi connectivity index (χ2n) is 5.50. The predicted octanol–water partition coefficient (Wildman–Crippen LogP) is 1.78. The molecule has 5 heteroatoms. The average Bonchev–Trinajstić information content (AvgIpc) is 2.94. The van der Waals surface area contributed by atoms with Gasteiger partial charge in [-0.15, -0.1) is 0 Å². The molecule has 3 rings (SSSR count). The van der Waals surface area contributed by atoms with Crippen LogP contribution in [-0.2, 0) is 0 Å². The molecule has 1 aromatic carbocycles. The van der Waals surface area contributed by atoms with Gasteiger partial charge in [0.1, 0.15) is 0 Å². The molecule has 2 heterocycles. The summed E-state index contributed by atoms with van der Waals surface area (Å²) in [6.07, 6.45) is 5.40. The van der Waals surface area contributed by atoms with Crippen LogP contribution in [-0.4, -0.2) is 47.2 Å². The molecular formula is C15H20N4O. The highest BCUT2D eigenvalue weighted by atomic mass is 16.2. The number of amides is 1. The van der Waals surface area contributed by atoms with E-state index in [1.807, 2.05) is 25.2 Å². The maximum absolute atomic E-state index is 12.4. The van der Waals surface area contributed by atoms with Crippen LogP contribution < -0.4 is 5.32 Å². The van der Waals surface area contributed by atoms with Gasteiger partial charge in [-0.2, -0.15) is 5.10 Å². The van der Waals surface area contributed by atoms with Crippen molar-refractivity contribution in [2.75, 3.05) is 20.1 Å². The van der Waals surface area contributed by atoms with Crippen molar-refractivity contribution >= 4 is 16.8 Å². The highest BCUT2D eigenvalue weighted by molar-refractivity contribution is 5.97. The number of nitrogens with one attached hydrogen (secondary N) is 2. The molecule has 0 saturated carbocycles. The van der Waals surface area contributed by atoms with Gasteiger partial charge in [0.15, 0.2) is 0 Å². The van der Waals surface area contributed by atoms with E-state index in [1.54, 1.807) is 11.1 Å². The number of hydrogen-bond acceptors (Lipinski definition) is 3. The number of benzene rings is 1. The number of aromatic nitrogens is 2. The Hall–Kier alpha value is -1.88. The molecular weight excluding hydrogens is 252 g/mol. The molecule has 1 aromatic heterocycles. The first kappa shape index (κ1) is 13.1. The monoisotopic (exact) mass is 272 g/mol. The molecule has 2 aromatic rings. The number of H-pyrrole nitrogens is 1. The quantitative estimate of drug-likeness (QED) is 0.895. The molecule has 1 fully saturated rings. The number of nitrogens with zero attached hydrogens (tertiary/aromatic N) is 2. The fourth-order valence-corrected chi connectivity index (χ4v) is 2.78. The van der Waals surface area contributed by atoms with Gasteiger partial charge in [-0.1, -0.05) is 12.5 Å². The van der Waals surface area contributed by atoms with Crippen LogP contribution in [0.4, 0.5) is 0 Å². The Morgan fingerprint density at radius 3 is 3.15 bits per heavy atom. The smallest absolute Gasteiger partial charge is 0.253 e. The van der Waals surface area contributed by atoms with Crippen molar-refractivity contribution in [3.05, 3.63) is 30.0 Å². The molecule has 5 nitrogen and oxygen atoms in total. The van der Waals surface area contributed by atoms with E-state index in [-0.39, 0.29) is 5.91 Å². The number of carbonyl (C=O) groups is 1. The molecule has 0 aliphatic carbocycles. The largest absolute Gasteiger partial charge is 0.340 e. The van der Waals surface area contributed by atoms with E-state index in [2.05, 4.69) is 15.5 Å². The molecule has 1 saturated heterocycles. The predicted molar refractivity (Wildman–Crippen MR) is 78.7 cm³/mol. The first-order valence-electron chi connectivity index (χ1n) is 7.16. The van der Waals surface area contributed by atoms with E-state index in [9.17, 15) is 4.79 Å². The number of carbonyl (C=O) groups excluding carboxylic acids is 1.